The maximum Gasteiger partial charge on any atom is 0.315 e. The largest absolute Gasteiger partial charge is 0.337 e. The van der Waals surface area contributed by atoms with Crippen molar-refractivity contribution in [3.63, 3.8) is 0 Å². The second-order valence-electron chi connectivity index (χ2n) is 6.51. The van der Waals surface area contributed by atoms with Crippen LogP contribution < -0.4 is 10.6 Å². The van der Waals surface area contributed by atoms with E-state index in [4.69, 9.17) is 0 Å². The maximum atomic E-state index is 12.2. The number of amides is 3. The Bertz CT molecular complexity index is 518. The third-order valence-electron chi connectivity index (χ3n) is 3.39. The average molecular weight is 305 g/mol. The molecule has 1 saturated heterocycles. The van der Waals surface area contributed by atoms with Gasteiger partial charge in [0.2, 0.25) is 0 Å². The van der Waals surface area contributed by atoms with E-state index in [2.05, 4.69) is 20.6 Å². The Kier molecular flexibility index (Phi) is 4.95. The number of carbonyl (C=O) groups is 2. The molecule has 3 amide bonds. The van der Waals surface area contributed by atoms with E-state index in [1.165, 1.54) is 12.4 Å². The van der Waals surface area contributed by atoms with E-state index in [-0.39, 0.29) is 23.5 Å². The van der Waals surface area contributed by atoms with Gasteiger partial charge in [-0.3, -0.25) is 9.78 Å². The van der Waals surface area contributed by atoms with Crippen molar-refractivity contribution in [2.45, 2.75) is 45.2 Å². The topological polar surface area (TPSA) is 87.2 Å². The Balaban J connectivity index is 1.81. The highest BCUT2D eigenvalue weighted by molar-refractivity contribution is 5.92. The van der Waals surface area contributed by atoms with E-state index < -0.39 is 0 Å². The molecule has 0 saturated carbocycles. The molecule has 0 atom stereocenters. The van der Waals surface area contributed by atoms with Gasteiger partial charge >= 0.3 is 6.03 Å². The Morgan fingerprint density at radius 2 is 1.91 bits per heavy atom. The van der Waals surface area contributed by atoms with E-state index in [1.54, 1.807) is 11.1 Å². The normalized spacial score (nSPS) is 16.2. The van der Waals surface area contributed by atoms with Gasteiger partial charge in [-0.25, -0.2) is 9.78 Å². The number of likely N-dealkylation sites (tertiary alicyclic amines) is 1. The Labute approximate surface area is 130 Å². The molecule has 2 rings (SSSR count). The molecule has 0 unspecified atom stereocenters. The number of hydrogen-bond donors (Lipinski definition) is 2. The van der Waals surface area contributed by atoms with Gasteiger partial charge in [-0.05, 0) is 33.6 Å². The van der Waals surface area contributed by atoms with Gasteiger partial charge < -0.3 is 15.5 Å². The first kappa shape index (κ1) is 16.2. The zero-order valence-corrected chi connectivity index (χ0v) is 13.3. The van der Waals surface area contributed by atoms with Gasteiger partial charge in [0.1, 0.15) is 5.69 Å². The fourth-order valence-corrected chi connectivity index (χ4v) is 2.36. The van der Waals surface area contributed by atoms with Crippen LogP contribution in [-0.2, 0) is 0 Å². The summed E-state index contributed by atoms with van der Waals surface area (Å²) in [5.74, 6) is -0.106. The molecule has 2 N–H and O–H groups in total. The second kappa shape index (κ2) is 6.72. The predicted molar refractivity (Wildman–Crippen MR) is 82.4 cm³/mol. The van der Waals surface area contributed by atoms with E-state index >= 15 is 0 Å². The van der Waals surface area contributed by atoms with Crippen LogP contribution in [0.5, 0.6) is 0 Å². The van der Waals surface area contributed by atoms with Crippen molar-refractivity contribution in [2.24, 2.45) is 0 Å². The lowest BCUT2D eigenvalue weighted by molar-refractivity contribution is 0.0701. The Hall–Kier alpha value is -2.18. The van der Waals surface area contributed by atoms with Gasteiger partial charge in [0, 0.05) is 37.1 Å². The number of hydrogen-bond acceptors (Lipinski definition) is 4. The summed E-state index contributed by atoms with van der Waals surface area (Å²) >= 11 is 0. The minimum atomic E-state index is -0.257. The molecule has 22 heavy (non-hydrogen) atoms. The first-order chi connectivity index (χ1) is 10.3. The lowest BCUT2D eigenvalue weighted by atomic mass is 10.0. The second-order valence-corrected chi connectivity index (χ2v) is 6.51. The summed E-state index contributed by atoms with van der Waals surface area (Å²) in [7, 11) is 0. The predicted octanol–water partition coefficient (Wildman–Crippen LogP) is 1.18. The number of piperidine rings is 1. The van der Waals surface area contributed by atoms with Crippen molar-refractivity contribution in [3.05, 3.63) is 24.3 Å². The molecular formula is C15H23N5O2. The fraction of sp³-hybridized carbons (Fsp3) is 0.600. The molecule has 0 radical (unpaired) electrons. The Morgan fingerprint density at radius 1 is 1.23 bits per heavy atom. The molecule has 1 fully saturated rings. The molecule has 0 spiro atoms. The molecule has 1 aromatic heterocycles. The zero-order valence-electron chi connectivity index (χ0n) is 13.3. The van der Waals surface area contributed by atoms with Crippen LogP contribution in [0.2, 0.25) is 0 Å². The summed E-state index contributed by atoms with van der Waals surface area (Å²) in [6.45, 7) is 7.03. The van der Waals surface area contributed by atoms with Gasteiger partial charge in [-0.2, -0.15) is 0 Å². The van der Waals surface area contributed by atoms with E-state index in [1.807, 2.05) is 20.8 Å². The van der Waals surface area contributed by atoms with Crippen LogP contribution >= 0.6 is 0 Å². The summed E-state index contributed by atoms with van der Waals surface area (Å²) < 4.78 is 0. The van der Waals surface area contributed by atoms with Crippen molar-refractivity contribution in [1.82, 2.24) is 25.5 Å². The van der Waals surface area contributed by atoms with E-state index in [0.29, 0.717) is 18.8 Å². The van der Waals surface area contributed by atoms with E-state index in [0.717, 1.165) is 12.8 Å². The zero-order chi connectivity index (χ0) is 16.2. The third kappa shape index (κ3) is 4.68. The first-order valence-electron chi connectivity index (χ1n) is 7.49. The molecule has 0 aliphatic carbocycles. The van der Waals surface area contributed by atoms with Crippen LogP contribution in [-0.4, -0.2) is 51.5 Å². The van der Waals surface area contributed by atoms with Gasteiger partial charge in [-0.15, -0.1) is 0 Å². The minimum absolute atomic E-state index is 0.0910. The molecule has 2 heterocycles. The number of nitrogens with zero attached hydrogens (tertiary/aromatic N) is 3. The summed E-state index contributed by atoms with van der Waals surface area (Å²) in [5.41, 5.74) is 0.103. The van der Waals surface area contributed by atoms with Crippen LogP contribution in [0.3, 0.4) is 0 Å². The van der Waals surface area contributed by atoms with Crippen LogP contribution in [0.4, 0.5) is 4.79 Å². The number of aromatic nitrogens is 2. The van der Waals surface area contributed by atoms with Crippen molar-refractivity contribution < 1.29 is 9.59 Å². The van der Waals surface area contributed by atoms with Crippen molar-refractivity contribution in [3.8, 4) is 0 Å². The van der Waals surface area contributed by atoms with Crippen LogP contribution in [0.15, 0.2) is 18.6 Å². The fourth-order valence-electron chi connectivity index (χ4n) is 2.36. The van der Waals surface area contributed by atoms with E-state index in [9.17, 15) is 9.59 Å². The number of urea groups is 1. The molecule has 1 aliphatic heterocycles. The minimum Gasteiger partial charge on any atom is -0.337 e. The van der Waals surface area contributed by atoms with Crippen molar-refractivity contribution in [1.29, 1.82) is 0 Å². The molecular weight excluding hydrogens is 282 g/mol. The SMILES string of the molecule is CC(C)(C)NC(=O)NC1CCN(C(=O)c2cnccn2)CC1. The number of rotatable bonds is 2. The number of nitrogens with one attached hydrogen (secondary N) is 2. The Morgan fingerprint density at radius 3 is 2.45 bits per heavy atom. The van der Waals surface area contributed by atoms with Crippen molar-refractivity contribution >= 4 is 11.9 Å². The highest BCUT2D eigenvalue weighted by atomic mass is 16.2. The van der Waals surface area contributed by atoms with Gasteiger partial charge in [0.15, 0.2) is 0 Å². The summed E-state index contributed by atoms with van der Waals surface area (Å²) in [6, 6.07) is -0.0699. The van der Waals surface area contributed by atoms with Crippen LogP contribution in [0.25, 0.3) is 0 Å². The molecule has 0 bridgehead atoms. The van der Waals surface area contributed by atoms with Gasteiger partial charge in [0.05, 0.1) is 6.20 Å². The lowest BCUT2D eigenvalue weighted by Crippen LogP contribution is -2.52. The van der Waals surface area contributed by atoms with Crippen molar-refractivity contribution in [2.75, 3.05) is 13.1 Å². The summed E-state index contributed by atoms with van der Waals surface area (Å²) in [5, 5.41) is 5.84. The van der Waals surface area contributed by atoms with Crippen LogP contribution in [0.1, 0.15) is 44.1 Å². The highest BCUT2D eigenvalue weighted by Gasteiger charge is 2.26. The average Bonchev–Trinajstić information content (AvgIpc) is 2.46. The maximum absolute atomic E-state index is 12.2. The third-order valence-corrected chi connectivity index (χ3v) is 3.39. The monoisotopic (exact) mass is 305 g/mol. The number of carbonyl (C=O) groups excluding carboxylic acids is 2. The standard InChI is InChI=1S/C15H23N5O2/c1-15(2,3)19-14(22)18-11-4-8-20(9-5-11)13(21)12-10-16-6-7-17-12/h6-7,10-11H,4-5,8-9H2,1-3H3,(H2,18,19,22). The molecule has 1 aliphatic rings. The van der Waals surface area contributed by atoms with Gasteiger partial charge in [-0.1, -0.05) is 0 Å². The molecule has 7 nitrogen and oxygen atoms in total. The summed E-state index contributed by atoms with van der Waals surface area (Å²) in [6.07, 6.45) is 6.01. The van der Waals surface area contributed by atoms with Crippen LogP contribution in [0, 0.1) is 0 Å². The quantitative estimate of drug-likeness (QED) is 0.859. The molecule has 0 aromatic carbocycles. The first-order valence-corrected chi connectivity index (χ1v) is 7.49. The van der Waals surface area contributed by atoms with Gasteiger partial charge in [0.25, 0.3) is 5.91 Å². The molecule has 1 aromatic rings. The molecule has 7 heteroatoms. The summed E-state index contributed by atoms with van der Waals surface area (Å²) in [4.78, 5) is 33.8. The molecule has 120 valence electrons. The smallest absolute Gasteiger partial charge is 0.315 e. The highest BCUT2D eigenvalue weighted by Crippen LogP contribution is 2.13. The lowest BCUT2D eigenvalue weighted by Gasteiger charge is -2.33.